The number of hydrogen-bond acceptors (Lipinski definition) is 4. The highest BCUT2D eigenvalue weighted by Gasteiger charge is 2.18. The monoisotopic (exact) mass is 384 g/mol. The van der Waals surface area contributed by atoms with Crippen molar-refractivity contribution in [1.29, 1.82) is 0 Å². The highest BCUT2D eigenvalue weighted by atomic mass is 35.5. The van der Waals surface area contributed by atoms with E-state index in [1.165, 1.54) is 5.56 Å². The average molecular weight is 385 g/mol. The van der Waals surface area contributed by atoms with Crippen LogP contribution in [0.5, 0.6) is 0 Å². The fourth-order valence-electron chi connectivity index (χ4n) is 3.09. The van der Waals surface area contributed by atoms with Crippen molar-refractivity contribution in [2.75, 3.05) is 10.6 Å². The molecule has 0 spiro atoms. The highest BCUT2D eigenvalue weighted by Crippen LogP contribution is 2.30. The quantitative estimate of drug-likeness (QED) is 0.566. The number of benzene rings is 2. The van der Waals surface area contributed by atoms with Crippen LogP contribution < -0.4 is 10.6 Å². The lowest BCUT2D eigenvalue weighted by Gasteiger charge is -2.20. The average Bonchev–Trinajstić information content (AvgIpc) is 2.65. The van der Waals surface area contributed by atoms with Crippen LogP contribution >= 0.6 is 23.2 Å². The van der Waals surface area contributed by atoms with Crippen LogP contribution in [0.3, 0.4) is 0 Å². The molecular formula is C20H18Cl2N4. The first-order valence-corrected chi connectivity index (χ1v) is 9.38. The van der Waals surface area contributed by atoms with Gasteiger partial charge in [-0.3, -0.25) is 0 Å². The minimum Gasteiger partial charge on any atom is -0.340 e. The summed E-state index contributed by atoms with van der Waals surface area (Å²) in [5, 5.41) is 8.11. The zero-order valence-electron chi connectivity index (χ0n) is 14.1. The SMILES string of the molecule is Clc1ccc(Nc2nc3c(c(Nc4ccc(Cl)cc4)n2)CCCC3)cc1. The van der Waals surface area contributed by atoms with Gasteiger partial charge in [-0.15, -0.1) is 0 Å². The summed E-state index contributed by atoms with van der Waals surface area (Å²) in [5.41, 5.74) is 4.17. The second-order valence-corrected chi connectivity index (χ2v) is 7.16. The molecule has 132 valence electrons. The minimum absolute atomic E-state index is 0.587. The van der Waals surface area contributed by atoms with Gasteiger partial charge in [-0.05, 0) is 74.2 Å². The van der Waals surface area contributed by atoms with Crippen LogP contribution in [0.15, 0.2) is 48.5 Å². The number of nitrogens with zero attached hydrogens (tertiary/aromatic N) is 2. The topological polar surface area (TPSA) is 49.8 Å². The second-order valence-electron chi connectivity index (χ2n) is 6.29. The van der Waals surface area contributed by atoms with Crippen molar-refractivity contribution in [1.82, 2.24) is 9.97 Å². The van der Waals surface area contributed by atoms with Gasteiger partial charge >= 0.3 is 0 Å². The van der Waals surface area contributed by atoms with E-state index in [1.54, 1.807) is 0 Å². The maximum absolute atomic E-state index is 5.98. The van der Waals surface area contributed by atoms with Crippen LogP contribution in [0.2, 0.25) is 10.0 Å². The first-order valence-electron chi connectivity index (χ1n) is 8.62. The Morgan fingerprint density at radius 1 is 0.692 bits per heavy atom. The van der Waals surface area contributed by atoms with Crippen molar-refractivity contribution < 1.29 is 0 Å². The number of halogens is 2. The molecule has 0 bridgehead atoms. The summed E-state index contributed by atoms with van der Waals surface area (Å²) >= 11 is 11.9. The predicted molar refractivity (Wildman–Crippen MR) is 108 cm³/mol. The van der Waals surface area contributed by atoms with Crippen LogP contribution in [-0.4, -0.2) is 9.97 Å². The van der Waals surface area contributed by atoms with Gasteiger partial charge in [0.2, 0.25) is 5.95 Å². The molecule has 26 heavy (non-hydrogen) atoms. The standard InChI is InChI=1S/C20H18Cl2N4/c21-13-5-9-15(10-6-13)23-19-17-3-1-2-4-18(17)25-20(26-19)24-16-11-7-14(22)8-12-16/h5-12H,1-4H2,(H2,23,24,25,26). The summed E-state index contributed by atoms with van der Waals surface area (Å²) in [6.07, 6.45) is 4.29. The van der Waals surface area contributed by atoms with Gasteiger partial charge in [0.05, 0.1) is 5.69 Å². The van der Waals surface area contributed by atoms with E-state index in [1.807, 2.05) is 48.5 Å². The third-order valence-electron chi connectivity index (χ3n) is 4.39. The lowest BCUT2D eigenvalue weighted by molar-refractivity contribution is 0.666. The normalized spacial score (nSPS) is 13.2. The third kappa shape index (κ3) is 3.92. The summed E-state index contributed by atoms with van der Waals surface area (Å²) in [5.74, 6) is 1.44. The van der Waals surface area contributed by atoms with Gasteiger partial charge in [0, 0.05) is 27.0 Å². The summed E-state index contributed by atoms with van der Waals surface area (Å²) < 4.78 is 0. The van der Waals surface area contributed by atoms with Crippen molar-refractivity contribution in [3.8, 4) is 0 Å². The summed E-state index contributed by atoms with van der Waals surface area (Å²) in [7, 11) is 0. The fraction of sp³-hybridized carbons (Fsp3) is 0.200. The molecule has 1 aliphatic rings. The van der Waals surface area contributed by atoms with Crippen LogP contribution in [0.25, 0.3) is 0 Å². The number of rotatable bonds is 4. The van der Waals surface area contributed by atoms with Crippen molar-refractivity contribution >= 4 is 46.3 Å². The van der Waals surface area contributed by atoms with Crippen LogP contribution in [-0.2, 0) is 12.8 Å². The Morgan fingerprint density at radius 3 is 1.92 bits per heavy atom. The summed E-state index contributed by atoms with van der Waals surface area (Å²) in [6, 6.07) is 15.1. The van der Waals surface area contributed by atoms with Crippen LogP contribution in [0, 0.1) is 0 Å². The Hall–Kier alpha value is -2.30. The number of aromatic nitrogens is 2. The van der Waals surface area contributed by atoms with Gasteiger partial charge in [-0.25, -0.2) is 4.98 Å². The molecule has 1 aliphatic carbocycles. The van der Waals surface area contributed by atoms with Crippen LogP contribution in [0.4, 0.5) is 23.1 Å². The molecule has 2 aromatic carbocycles. The largest absolute Gasteiger partial charge is 0.340 e. The Morgan fingerprint density at radius 2 is 1.27 bits per heavy atom. The number of aryl methyl sites for hydroxylation is 1. The number of hydrogen-bond donors (Lipinski definition) is 2. The molecule has 0 radical (unpaired) electrons. The van der Waals surface area contributed by atoms with Crippen LogP contribution in [0.1, 0.15) is 24.1 Å². The van der Waals surface area contributed by atoms with E-state index in [0.29, 0.717) is 16.0 Å². The molecule has 4 rings (SSSR count). The van der Waals surface area contributed by atoms with E-state index in [0.717, 1.165) is 48.6 Å². The number of fused-ring (bicyclic) bond motifs is 1. The molecular weight excluding hydrogens is 367 g/mol. The molecule has 2 N–H and O–H groups in total. The number of anilines is 4. The van der Waals surface area contributed by atoms with Crippen molar-refractivity contribution in [2.24, 2.45) is 0 Å². The molecule has 0 saturated heterocycles. The van der Waals surface area contributed by atoms with E-state index in [4.69, 9.17) is 33.2 Å². The Bertz CT molecular complexity index is 908. The van der Waals surface area contributed by atoms with Crippen molar-refractivity contribution in [3.05, 3.63) is 69.8 Å². The van der Waals surface area contributed by atoms with Gasteiger partial charge in [0.25, 0.3) is 0 Å². The van der Waals surface area contributed by atoms with E-state index >= 15 is 0 Å². The number of nitrogens with one attached hydrogen (secondary N) is 2. The zero-order chi connectivity index (χ0) is 17.9. The molecule has 0 fully saturated rings. The molecule has 0 atom stereocenters. The van der Waals surface area contributed by atoms with Gasteiger partial charge in [0.15, 0.2) is 0 Å². The molecule has 0 aliphatic heterocycles. The molecule has 0 saturated carbocycles. The van der Waals surface area contributed by atoms with E-state index < -0.39 is 0 Å². The van der Waals surface area contributed by atoms with Gasteiger partial charge < -0.3 is 10.6 Å². The van der Waals surface area contributed by atoms with E-state index in [-0.39, 0.29) is 0 Å². The molecule has 6 heteroatoms. The summed E-state index contributed by atoms with van der Waals surface area (Å²) in [6.45, 7) is 0. The van der Waals surface area contributed by atoms with Crippen molar-refractivity contribution in [3.63, 3.8) is 0 Å². The molecule has 0 unspecified atom stereocenters. The molecule has 1 heterocycles. The Balaban J connectivity index is 1.67. The predicted octanol–water partition coefficient (Wildman–Crippen LogP) is 6.15. The van der Waals surface area contributed by atoms with E-state index in [9.17, 15) is 0 Å². The first kappa shape index (κ1) is 17.1. The molecule has 1 aromatic heterocycles. The lowest BCUT2D eigenvalue weighted by atomic mass is 9.96. The maximum atomic E-state index is 5.98. The highest BCUT2D eigenvalue weighted by molar-refractivity contribution is 6.30. The second kappa shape index (κ2) is 7.52. The van der Waals surface area contributed by atoms with Gasteiger partial charge in [-0.2, -0.15) is 4.98 Å². The maximum Gasteiger partial charge on any atom is 0.229 e. The van der Waals surface area contributed by atoms with Crippen molar-refractivity contribution in [2.45, 2.75) is 25.7 Å². The minimum atomic E-state index is 0.587. The zero-order valence-corrected chi connectivity index (χ0v) is 15.6. The van der Waals surface area contributed by atoms with Gasteiger partial charge in [-0.1, -0.05) is 23.2 Å². The first-order chi connectivity index (χ1) is 12.7. The Labute approximate surface area is 162 Å². The molecule has 4 nitrogen and oxygen atoms in total. The molecule has 3 aromatic rings. The van der Waals surface area contributed by atoms with E-state index in [2.05, 4.69) is 10.6 Å². The summed E-state index contributed by atoms with van der Waals surface area (Å²) in [4.78, 5) is 9.45. The van der Waals surface area contributed by atoms with Gasteiger partial charge in [0.1, 0.15) is 5.82 Å². The lowest BCUT2D eigenvalue weighted by Crippen LogP contribution is -2.12. The molecule has 0 amide bonds. The third-order valence-corrected chi connectivity index (χ3v) is 4.89. The fourth-order valence-corrected chi connectivity index (χ4v) is 3.34. The smallest absolute Gasteiger partial charge is 0.229 e. The Kier molecular flexibility index (Phi) is 4.96.